The number of hydrogen-bond acceptors (Lipinski definition) is 1. The number of hydrogen-bond donors (Lipinski definition) is 1. The van der Waals surface area contributed by atoms with Crippen LogP contribution in [-0.4, -0.2) is 38.8 Å². The molecule has 0 spiro atoms. The molecule has 0 rings (SSSR count). The molecule has 0 saturated carbocycles. The molecule has 2 nitrogen and oxygen atoms in total. The van der Waals surface area contributed by atoms with E-state index in [4.69, 9.17) is 0 Å². The summed E-state index contributed by atoms with van der Waals surface area (Å²) >= 11 is 0. The zero-order chi connectivity index (χ0) is 10.2. The van der Waals surface area contributed by atoms with Crippen LogP contribution in [0.15, 0.2) is 0 Å². The van der Waals surface area contributed by atoms with E-state index >= 15 is 0 Å². The molecule has 0 aliphatic heterocycles. The Hall–Kier alpha value is -0.0800. The third-order valence-electron chi connectivity index (χ3n) is 2.04. The maximum atomic E-state index is 3.47. The first kappa shape index (κ1) is 12.9. The van der Waals surface area contributed by atoms with E-state index in [1.165, 1.54) is 38.6 Å². The monoisotopic (exact) mass is 187 g/mol. The lowest BCUT2D eigenvalue weighted by molar-refractivity contribution is -0.873. The highest BCUT2D eigenvalue weighted by atomic mass is 15.3. The molecule has 0 aromatic rings. The number of rotatable bonds is 8. The second-order valence-corrected chi connectivity index (χ2v) is 4.86. The minimum absolute atomic E-state index is 1.01. The van der Waals surface area contributed by atoms with E-state index in [0.29, 0.717) is 0 Å². The summed E-state index contributed by atoms with van der Waals surface area (Å²) in [6.45, 7) is 4.52. The van der Waals surface area contributed by atoms with Gasteiger partial charge in [-0.1, -0.05) is 32.6 Å². The molecule has 13 heavy (non-hydrogen) atoms. The molecule has 0 unspecified atom stereocenters. The minimum atomic E-state index is 1.01. The van der Waals surface area contributed by atoms with Crippen molar-refractivity contribution in [1.29, 1.82) is 0 Å². The second-order valence-electron chi connectivity index (χ2n) is 4.86. The van der Waals surface area contributed by atoms with Crippen molar-refractivity contribution in [1.82, 2.24) is 5.32 Å². The summed E-state index contributed by atoms with van der Waals surface area (Å²) < 4.78 is 1.01. The van der Waals surface area contributed by atoms with Gasteiger partial charge in [-0.2, -0.15) is 0 Å². The third kappa shape index (κ3) is 11.9. The summed E-state index contributed by atoms with van der Waals surface area (Å²) in [4.78, 5) is 0. The molecule has 80 valence electrons. The molecule has 0 amide bonds. The predicted molar refractivity (Wildman–Crippen MR) is 59.7 cm³/mol. The highest BCUT2D eigenvalue weighted by Crippen LogP contribution is 2.01. The van der Waals surface area contributed by atoms with Gasteiger partial charge in [-0.3, -0.25) is 5.32 Å². The minimum Gasteiger partial charge on any atom is -0.319 e. The summed E-state index contributed by atoms with van der Waals surface area (Å²) in [5.41, 5.74) is 0. The Balaban J connectivity index is 3.00. The molecule has 0 aromatic carbocycles. The standard InChI is InChI=1S/C11H27N2/c1-5-6-7-8-9-10-12-11-13(2,3)4/h12H,5-11H2,1-4H3/q+1. The van der Waals surface area contributed by atoms with Gasteiger partial charge in [-0.05, 0) is 6.42 Å². The van der Waals surface area contributed by atoms with Crippen molar-refractivity contribution in [2.45, 2.75) is 39.0 Å². The van der Waals surface area contributed by atoms with Gasteiger partial charge in [0.2, 0.25) is 0 Å². The molecule has 2 heteroatoms. The highest BCUT2D eigenvalue weighted by molar-refractivity contribution is 4.45. The van der Waals surface area contributed by atoms with Gasteiger partial charge >= 0.3 is 0 Å². The van der Waals surface area contributed by atoms with Gasteiger partial charge in [0.15, 0.2) is 0 Å². The smallest absolute Gasteiger partial charge is 0.131 e. The number of nitrogens with zero attached hydrogens (tertiary/aromatic N) is 1. The van der Waals surface area contributed by atoms with Crippen LogP contribution in [0.5, 0.6) is 0 Å². The molecule has 0 aromatic heterocycles. The Bertz CT molecular complexity index is 105. The fourth-order valence-corrected chi connectivity index (χ4v) is 1.27. The summed E-state index contributed by atoms with van der Waals surface area (Å²) in [6, 6.07) is 0. The van der Waals surface area contributed by atoms with Crippen LogP contribution in [0.2, 0.25) is 0 Å². The molecule has 0 radical (unpaired) electrons. The summed E-state index contributed by atoms with van der Waals surface area (Å²) in [5, 5.41) is 3.47. The van der Waals surface area contributed by atoms with E-state index in [9.17, 15) is 0 Å². The summed E-state index contributed by atoms with van der Waals surface area (Å²) in [6.07, 6.45) is 6.86. The lowest BCUT2D eigenvalue weighted by Crippen LogP contribution is -2.43. The number of unbranched alkanes of at least 4 members (excludes halogenated alkanes) is 4. The van der Waals surface area contributed by atoms with Gasteiger partial charge < -0.3 is 4.48 Å². The van der Waals surface area contributed by atoms with Gasteiger partial charge in [0.25, 0.3) is 0 Å². The summed E-state index contributed by atoms with van der Waals surface area (Å²) in [7, 11) is 6.64. The van der Waals surface area contributed by atoms with Gasteiger partial charge in [0.1, 0.15) is 6.67 Å². The normalized spacial score (nSPS) is 12.0. The molecule has 0 atom stereocenters. The lowest BCUT2D eigenvalue weighted by Gasteiger charge is -2.24. The molecule has 0 aliphatic carbocycles. The van der Waals surface area contributed by atoms with Crippen LogP contribution in [-0.2, 0) is 0 Å². The van der Waals surface area contributed by atoms with E-state index in [0.717, 1.165) is 11.2 Å². The molecular formula is C11H27N2+. The van der Waals surface area contributed by atoms with Gasteiger partial charge in [-0.15, -0.1) is 0 Å². The van der Waals surface area contributed by atoms with E-state index in [1.807, 2.05) is 0 Å². The fourth-order valence-electron chi connectivity index (χ4n) is 1.27. The molecule has 0 saturated heterocycles. The molecule has 1 N–H and O–H groups in total. The van der Waals surface area contributed by atoms with Gasteiger partial charge in [-0.25, -0.2) is 0 Å². The average molecular weight is 187 g/mol. The van der Waals surface area contributed by atoms with Crippen LogP contribution in [0.1, 0.15) is 39.0 Å². The van der Waals surface area contributed by atoms with Crippen LogP contribution in [0, 0.1) is 0 Å². The molecular weight excluding hydrogens is 160 g/mol. The predicted octanol–water partition coefficient (Wildman–Crippen LogP) is 2.21. The Kier molecular flexibility index (Phi) is 7.29. The van der Waals surface area contributed by atoms with Crippen LogP contribution in [0.4, 0.5) is 0 Å². The Morgan fingerprint density at radius 1 is 0.923 bits per heavy atom. The first-order valence-electron chi connectivity index (χ1n) is 5.57. The topological polar surface area (TPSA) is 12.0 Å². The maximum Gasteiger partial charge on any atom is 0.131 e. The largest absolute Gasteiger partial charge is 0.319 e. The van der Waals surface area contributed by atoms with Gasteiger partial charge in [0.05, 0.1) is 21.1 Å². The Morgan fingerprint density at radius 3 is 2.08 bits per heavy atom. The second kappa shape index (κ2) is 7.34. The van der Waals surface area contributed by atoms with E-state index in [1.54, 1.807) is 0 Å². The van der Waals surface area contributed by atoms with Crippen LogP contribution in [0.3, 0.4) is 0 Å². The quantitative estimate of drug-likeness (QED) is 0.349. The third-order valence-corrected chi connectivity index (χ3v) is 2.04. The fraction of sp³-hybridized carbons (Fsp3) is 1.00. The zero-order valence-corrected chi connectivity index (χ0v) is 9.90. The SMILES string of the molecule is CCCCCCCNC[N+](C)(C)C. The molecule has 0 bridgehead atoms. The van der Waals surface area contributed by atoms with Crippen molar-refractivity contribution >= 4 is 0 Å². The molecule has 0 fully saturated rings. The maximum absolute atomic E-state index is 3.47. The van der Waals surface area contributed by atoms with Crippen molar-refractivity contribution in [3.05, 3.63) is 0 Å². The molecule has 0 heterocycles. The number of quaternary nitrogens is 1. The van der Waals surface area contributed by atoms with E-state index in [-0.39, 0.29) is 0 Å². The highest BCUT2D eigenvalue weighted by Gasteiger charge is 2.03. The van der Waals surface area contributed by atoms with Crippen molar-refractivity contribution in [2.24, 2.45) is 0 Å². The van der Waals surface area contributed by atoms with Crippen molar-refractivity contribution in [2.75, 3.05) is 34.4 Å². The number of nitrogens with one attached hydrogen (secondary N) is 1. The first-order chi connectivity index (χ1) is 6.06. The Labute approximate surface area is 83.9 Å². The van der Waals surface area contributed by atoms with Crippen molar-refractivity contribution < 1.29 is 4.48 Å². The van der Waals surface area contributed by atoms with E-state index < -0.39 is 0 Å². The molecule has 0 aliphatic rings. The van der Waals surface area contributed by atoms with Crippen LogP contribution in [0.25, 0.3) is 0 Å². The van der Waals surface area contributed by atoms with Gasteiger partial charge in [0, 0.05) is 6.54 Å². The summed E-state index contributed by atoms with van der Waals surface area (Å²) in [5.74, 6) is 0. The van der Waals surface area contributed by atoms with Crippen LogP contribution < -0.4 is 5.32 Å². The first-order valence-corrected chi connectivity index (χ1v) is 5.57. The zero-order valence-electron chi connectivity index (χ0n) is 9.90. The Morgan fingerprint density at radius 2 is 1.54 bits per heavy atom. The lowest BCUT2D eigenvalue weighted by atomic mass is 10.1. The van der Waals surface area contributed by atoms with Crippen molar-refractivity contribution in [3.8, 4) is 0 Å². The van der Waals surface area contributed by atoms with Crippen molar-refractivity contribution in [3.63, 3.8) is 0 Å². The average Bonchev–Trinajstić information content (AvgIpc) is 2.01. The van der Waals surface area contributed by atoms with E-state index in [2.05, 4.69) is 33.4 Å². The van der Waals surface area contributed by atoms with Crippen LogP contribution >= 0.6 is 0 Å².